The molecule has 0 spiro atoms. The van der Waals surface area contributed by atoms with Gasteiger partial charge < -0.3 is 10.1 Å². The van der Waals surface area contributed by atoms with Crippen LogP contribution in [0.5, 0.6) is 0 Å². The standard InChI is InChI=1S/C7H13NO2/c1-8-7(3-2-4-7)5-10-6-9/h6,8H,2-5H2,1H3. The van der Waals surface area contributed by atoms with Crippen molar-refractivity contribution in [3.05, 3.63) is 0 Å². The van der Waals surface area contributed by atoms with Crippen molar-refractivity contribution in [1.29, 1.82) is 0 Å². The number of likely N-dealkylation sites (N-methyl/N-ethyl adjacent to an activating group) is 1. The summed E-state index contributed by atoms with van der Waals surface area (Å²) in [4.78, 5) is 9.86. The van der Waals surface area contributed by atoms with Crippen LogP contribution in [0.3, 0.4) is 0 Å². The average Bonchev–Trinajstić information content (AvgIpc) is 1.87. The highest BCUT2D eigenvalue weighted by Crippen LogP contribution is 2.31. The van der Waals surface area contributed by atoms with Gasteiger partial charge in [0.25, 0.3) is 6.47 Å². The molecule has 0 radical (unpaired) electrons. The third-order valence-corrected chi connectivity index (χ3v) is 2.27. The largest absolute Gasteiger partial charge is 0.466 e. The Morgan fingerprint density at radius 2 is 2.40 bits per heavy atom. The van der Waals surface area contributed by atoms with Gasteiger partial charge in [0.15, 0.2) is 0 Å². The number of nitrogens with one attached hydrogen (secondary N) is 1. The lowest BCUT2D eigenvalue weighted by Crippen LogP contribution is -2.52. The molecule has 58 valence electrons. The van der Waals surface area contributed by atoms with E-state index in [9.17, 15) is 4.79 Å². The molecule has 1 aliphatic rings. The third-order valence-electron chi connectivity index (χ3n) is 2.27. The van der Waals surface area contributed by atoms with Gasteiger partial charge in [0, 0.05) is 0 Å². The summed E-state index contributed by atoms with van der Waals surface area (Å²) in [5.41, 5.74) is 0.112. The SMILES string of the molecule is CNC1(COC=O)CCC1. The number of rotatable bonds is 4. The molecule has 10 heavy (non-hydrogen) atoms. The summed E-state index contributed by atoms with van der Waals surface area (Å²) in [5, 5.41) is 3.17. The number of ether oxygens (including phenoxy) is 1. The number of hydrogen-bond acceptors (Lipinski definition) is 3. The zero-order valence-electron chi connectivity index (χ0n) is 6.22. The molecule has 0 atom stereocenters. The van der Waals surface area contributed by atoms with E-state index in [1.165, 1.54) is 6.42 Å². The molecule has 1 saturated carbocycles. The van der Waals surface area contributed by atoms with Crippen LogP contribution in [0.2, 0.25) is 0 Å². The minimum absolute atomic E-state index is 0.112. The smallest absolute Gasteiger partial charge is 0.293 e. The maximum absolute atomic E-state index is 9.86. The molecule has 1 rings (SSSR count). The van der Waals surface area contributed by atoms with Crippen molar-refractivity contribution >= 4 is 6.47 Å². The number of hydrogen-bond donors (Lipinski definition) is 1. The maximum Gasteiger partial charge on any atom is 0.293 e. The van der Waals surface area contributed by atoms with Gasteiger partial charge in [0.1, 0.15) is 6.61 Å². The fourth-order valence-electron chi connectivity index (χ4n) is 1.26. The van der Waals surface area contributed by atoms with Crippen LogP contribution >= 0.6 is 0 Å². The van der Waals surface area contributed by atoms with E-state index in [4.69, 9.17) is 0 Å². The Morgan fingerprint density at radius 1 is 1.70 bits per heavy atom. The molecular weight excluding hydrogens is 130 g/mol. The Hall–Kier alpha value is -0.570. The molecular formula is C7H13NO2. The van der Waals surface area contributed by atoms with Crippen LogP contribution in [0.25, 0.3) is 0 Å². The van der Waals surface area contributed by atoms with Crippen LogP contribution in [0.15, 0.2) is 0 Å². The van der Waals surface area contributed by atoms with Crippen molar-refractivity contribution in [1.82, 2.24) is 5.32 Å². The first kappa shape index (κ1) is 7.54. The summed E-state index contributed by atoms with van der Waals surface area (Å²) in [6, 6.07) is 0. The lowest BCUT2D eigenvalue weighted by atomic mass is 9.77. The van der Waals surface area contributed by atoms with Crippen LogP contribution in [0, 0.1) is 0 Å². The van der Waals surface area contributed by atoms with Crippen LogP contribution in [-0.2, 0) is 9.53 Å². The first-order valence-electron chi connectivity index (χ1n) is 3.57. The monoisotopic (exact) mass is 143 g/mol. The second-order valence-corrected chi connectivity index (χ2v) is 2.79. The summed E-state index contributed by atoms with van der Waals surface area (Å²) in [7, 11) is 1.91. The van der Waals surface area contributed by atoms with Gasteiger partial charge in [0.05, 0.1) is 5.54 Å². The minimum Gasteiger partial charge on any atom is -0.466 e. The highest BCUT2D eigenvalue weighted by molar-refractivity contribution is 5.37. The lowest BCUT2D eigenvalue weighted by Gasteiger charge is -2.40. The zero-order valence-corrected chi connectivity index (χ0v) is 6.22. The average molecular weight is 143 g/mol. The van der Waals surface area contributed by atoms with Gasteiger partial charge in [-0.3, -0.25) is 4.79 Å². The molecule has 3 heteroatoms. The summed E-state index contributed by atoms with van der Waals surface area (Å²) < 4.78 is 4.69. The van der Waals surface area contributed by atoms with E-state index in [1.54, 1.807) is 0 Å². The summed E-state index contributed by atoms with van der Waals surface area (Å²) in [6.45, 7) is 1.03. The summed E-state index contributed by atoms with van der Waals surface area (Å²) in [5.74, 6) is 0. The van der Waals surface area contributed by atoms with E-state index in [0.29, 0.717) is 13.1 Å². The van der Waals surface area contributed by atoms with Gasteiger partial charge in [-0.1, -0.05) is 0 Å². The van der Waals surface area contributed by atoms with E-state index >= 15 is 0 Å². The molecule has 0 heterocycles. The molecule has 1 N–H and O–H groups in total. The Labute approximate surface area is 60.7 Å². The van der Waals surface area contributed by atoms with E-state index in [2.05, 4.69) is 10.1 Å². The molecule has 3 nitrogen and oxygen atoms in total. The van der Waals surface area contributed by atoms with Gasteiger partial charge in [-0.05, 0) is 26.3 Å². The Bertz CT molecular complexity index is 115. The van der Waals surface area contributed by atoms with Gasteiger partial charge in [0.2, 0.25) is 0 Å². The number of carbonyl (C=O) groups is 1. The first-order valence-corrected chi connectivity index (χ1v) is 3.57. The van der Waals surface area contributed by atoms with E-state index in [0.717, 1.165) is 12.8 Å². The molecule has 1 fully saturated rings. The van der Waals surface area contributed by atoms with E-state index in [1.807, 2.05) is 7.05 Å². The zero-order chi connectivity index (χ0) is 7.45. The van der Waals surface area contributed by atoms with Crippen molar-refractivity contribution < 1.29 is 9.53 Å². The molecule has 0 unspecified atom stereocenters. The molecule has 0 bridgehead atoms. The predicted octanol–water partition coefficient (Wildman–Crippen LogP) is 0.301. The first-order chi connectivity index (χ1) is 4.83. The van der Waals surface area contributed by atoms with Crippen LogP contribution in [-0.4, -0.2) is 25.7 Å². The molecule has 0 aromatic carbocycles. The van der Waals surface area contributed by atoms with Crippen molar-refractivity contribution in [2.24, 2.45) is 0 Å². The Balaban J connectivity index is 2.26. The molecule has 0 saturated heterocycles. The Kier molecular flexibility index (Phi) is 2.27. The minimum atomic E-state index is 0.112. The molecule has 0 aromatic rings. The van der Waals surface area contributed by atoms with Crippen molar-refractivity contribution in [3.63, 3.8) is 0 Å². The van der Waals surface area contributed by atoms with Crippen LogP contribution < -0.4 is 5.32 Å². The second-order valence-electron chi connectivity index (χ2n) is 2.79. The van der Waals surface area contributed by atoms with Gasteiger partial charge in [-0.2, -0.15) is 0 Å². The van der Waals surface area contributed by atoms with Gasteiger partial charge >= 0.3 is 0 Å². The fourth-order valence-corrected chi connectivity index (χ4v) is 1.26. The third kappa shape index (κ3) is 1.29. The van der Waals surface area contributed by atoms with Gasteiger partial charge in [-0.15, -0.1) is 0 Å². The highest BCUT2D eigenvalue weighted by atomic mass is 16.5. The lowest BCUT2D eigenvalue weighted by molar-refractivity contribution is -0.132. The molecule has 0 aliphatic heterocycles. The van der Waals surface area contributed by atoms with E-state index < -0.39 is 0 Å². The predicted molar refractivity (Wildman–Crippen MR) is 37.7 cm³/mol. The molecule has 1 aliphatic carbocycles. The number of carbonyl (C=O) groups excluding carboxylic acids is 1. The molecule has 0 amide bonds. The summed E-state index contributed by atoms with van der Waals surface area (Å²) in [6.07, 6.45) is 3.48. The normalized spacial score (nSPS) is 21.3. The second kappa shape index (κ2) is 3.01. The van der Waals surface area contributed by atoms with Crippen molar-refractivity contribution in [2.45, 2.75) is 24.8 Å². The van der Waals surface area contributed by atoms with Crippen LogP contribution in [0.1, 0.15) is 19.3 Å². The van der Waals surface area contributed by atoms with Gasteiger partial charge in [-0.25, -0.2) is 0 Å². The highest BCUT2D eigenvalue weighted by Gasteiger charge is 2.35. The fraction of sp³-hybridized carbons (Fsp3) is 0.857. The van der Waals surface area contributed by atoms with Crippen LogP contribution in [0.4, 0.5) is 0 Å². The van der Waals surface area contributed by atoms with Crippen molar-refractivity contribution in [2.75, 3.05) is 13.7 Å². The maximum atomic E-state index is 9.86. The topological polar surface area (TPSA) is 38.3 Å². The molecule has 0 aromatic heterocycles. The Morgan fingerprint density at radius 3 is 2.70 bits per heavy atom. The van der Waals surface area contributed by atoms with Crippen molar-refractivity contribution in [3.8, 4) is 0 Å². The quantitative estimate of drug-likeness (QED) is 0.575. The summed E-state index contributed by atoms with van der Waals surface area (Å²) >= 11 is 0. The van der Waals surface area contributed by atoms with E-state index in [-0.39, 0.29) is 5.54 Å².